The van der Waals surface area contributed by atoms with E-state index in [1.54, 1.807) is 7.11 Å². The van der Waals surface area contributed by atoms with Crippen LogP contribution in [0.2, 0.25) is 0 Å². The lowest BCUT2D eigenvalue weighted by Gasteiger charge is -2.28. The molecule has 3 heteroatoms. The van der Waals surface area contributed by atoms with Gasteiger partial charge in [0.15, 0.2) is 0 Å². The molecule has 0 unspecified atom stereocenters. The quantitative estimate of drug-likeness (QED) is 0.705. The molecule has 0 aromatic heterocycles. The molecular formula is C11H14NO2. The summed E-state index contributed by atoms with van der Waals surface area (Å²) in [4.78, 5) is 2.29. The number of benzene rings is 1. The van der Waals surface area contributed by atoms with Gasteiger partial charge in [0.1, 0.15) is 5.75 Å². The number of rotatable bonds is 2. The van der Waals surface area contributed by atoms with Gasteiger partial charge >= 0.3 is 0 Å². The first-order valence-electron chi connectivity index (χ1n) is 4.78. The molecule has 1 radical (unpaired) electrons. The van der Waals surface area contributed by atoms with E-state index in [2.05, 4.69) is 17.0 Å². The molecule has 1 fully saturated rings. The molecule has 0 amide bonds. The van der Waals surface area contributed by atoms with Gasteiger partial charge in [-0.25, -0.2) is 0 Å². The molecule has 0 aliphatic carbocycles. The normalized spacial score (nSPS) is 16.8. The van der Waals surface area contributed by atoms with Crippen LogP contribution in [0.3, 0.4) is 0 Å². The van der Waals surface area contributed by atoms with Gasteiger partial charge in [-0.3, -0.25) is 0 Å². The zero-order valence-corrected chi connectivity index (χ0v) is 8.32. The van der Waals surface area contributed by atoms with Crippen LogP contribution in [0.4, 0.5) is 5.69 Å². The third-order valence-electron chi connectivity index (χ3n) is 2.36. The average Bonchev–Trinajstić information content (AvgIpc) is 2.30. The Hall–Kier alpha value is -1.22. The molecular weight excluding hydrogens is 178 g/mol. The van der Waals surface area contributed by atoms with Gasteiger partial charge in [0.2, 0.25) is 0 Å². The third-order valence-corrected chi connectivity index (χ3v) is 2.36. The fourth-order valence-corrected chi connectivity index (χ4v) is 1.55. The molecule has 3 nitrogen and oxygen atoms in total. The molecule has 1 aliphatic heterocycles. The summed E-state index contributed by atoms with van der Waals surface area (Å²) in [5.41, 5.74) is 1.19. The molecule has 75 valence electrons. The van der Waals surface area contributed by atoms with E-state index in [4.69, 9.17) is 9.47 Å². The standard InChI is InChI=1S/C11H14NO2/c1-13-11-4-2-10(3-5-11)12-6-8-14-9-7-12/h2-4H,6-9H2,1H3. The van der Waals surface area contributed by atoms with E-state index in [0.717, 1.165) is 32.1 Å². The smallest absolute Gasteiger partial charge is 0.126 e. The van der Waals surface area contributed by atoms with Crippen LogP contribution in [-0.4, -0.2) is 33.4 Å². The zero-order chi connectivity index (χ0) is 9.80. The summed E-state index contributed by atoms with van der Waals surface area (Å²) in [6.45, 7) is 3.54. The maximum absolute atomic E-state index is 5.29. The van der Waals surface area contributed by atoms with Crippen LogP contribution in [0.15, 0.2) is 18.2 Å². The maximum Gasteiger partial charge on any atom is 0.126 e. The summed E-state index contributed by atoms with van der Waals surface area (Å²) in [5.74, 6) is 0.780. The predicted molar refractivity (Wildman–Crippen MR) is 54.9 cm³/mol. The summed E-state index contributed by atoms with van der Waals surface area (Å²) in [6, 6.07) is 9.03. The van der Waals surface area contributed by atoms with Crippen molar-refractivity contribution >= 4 is 5.69 Å². The third kappa shape index (κ3) is 1.99. The van der Waals surface area contributed by atoms with Crippen molar-refractivity contribution in [3.63, 3.8) is 0 Å². The highest BCUT2D eigenvalue weighted by molar-refractivity contribution is 5.48. The Balaban J connectivity index is 2.07. The largest absolute Gasteiger partial charge is 0.496 e. The molecule has 2 rings (SSSR count). The first kappa shape index (κ1) is 9.34. The van der Waals surface area contributed by atoms with E-state index >= 15 is 0 Å². The maximum atomic E-state index is 5.29. The Morgan fingerprint density at radius 1 is 1.36 bits per heavy atom. The van der Waals surface area contributed by atoms with Crippen molar-refractivity contribution in [3.05, 3.63) is 24.3 Å². The van der Waals surface area contributed by atoms with Crippen LogP contribution >= 0.6 is 0 Å². The van der Waals surface area contributed by atoms with Crippen molar-refractivity contribution in [1.29, 1.82) is 0 Å². The molecule has 0 bridgehead atoms. The van der Waals surface area contributed by atoms with E-state index < -0.39 is 0 Å². The minimum absolute atomic E-state index is 0.780. The van der Waals surface area contributed by atoms with Crippen LogP contribution in [0, 0.1) is 6.07 Å². The minimum Gasteiger partial charge on any atom is -0.496 e. The van der Waals surface area contributed by atoms with E-state index in [-0.39, 0.29) is 0 Å². The van der Waals surface area contributed by atoms with E-state index in [1.807, 2.05) is 12.1 Å². The SMILES string of the molecule is COc1[c]cc(N2CCOCC2)cc1. The second-order valence-corrected chi connectivity index (χ2v) is 3.21. The van der Waals surface area contributed by atoms with Crippen LogP contribution < -0.4 is 9.64 Å². The number of ether oxygens (including phenoxy) is 2. The highest BCUT2D eigenvalue weighted by Gasteiger charge is 2.10. The monoisotopic (exact) mass is 192 g/mol. The van der Waals surface area contributed by atoms with E-state index in [9.17, 15) is 0 Å². The first-order chi connectivity index (χ1) is 6.90. The Kier molecular flexibility index (Phi) is 2.89. The number of hydrogen-bond acceptors (Lipinski definition) is 3. The Morgan fingerprint density at radius 3 is 2.71 bits per heavy atom. The summed E-state index contributed by atoms with van der Waals surface area (Å²) in [7, 11) is 1.65. The Labute approximate surface area is 84.2 Å². The second-order valence-electron chi connectivity index (χ2n) is 3.21. The molecule has 1 aromatic rings. The lowest BCUT2D eigenvalue weighted by atomic mass is 10.2. The van der Waals surface area contributed by atoms with Gasteiger partial charge < -0.3 is 14.4 Å². The van der Waals surface area contributed by atoms with Crippen LogP contribution in [0.25, 0.3) is 0 Å². The van der Waals surface area contributed by atoms with Crippen LogP contribution in [0.5, 0.6) is 5.75 Å². The van der Waals surface area contributed by atoms with Gasteiger partial charge in [-0.1, -0.05) is 0 Å². The topological polar surface area (TPSA) is 21.7 Å². The van der Waals surface area contributed by atoms with Crippen molar-refractivity contribution in [2.75, 3.05) is 38.3 Å². The summed E-state index contributed by atoms with van der Waals surface area (Å²) < 4.78 is 10.3. The molecule has 0 saturated carbocycles. The van der Waals surface area contributed by atoms with Gasteiger partial charge in [-0.05, 0) is 18.2 Å². The molecule has 14 heavy (non-hydrogen) atoms. The fourth-order valence-electron chi connectivity index (χ4n) is 1.55. The molecule has 0 atom stereocenters. The van der Waals surface area contributed by atoms with Crippen molar-refractivity contribution in [2.24, 2.45) is 0 Å². The lowest BCUT2D eigenvalue weighted by Crippen LogP contribution is -2.36. The second kappa shape index (κ2) is 4.33. The van der Waals surface area contributed by atoms with Gasteiger partial charge in [0, 0.05) is 24.8 Å². The molecule has 1 heterocycles. The number of morpholine rings is 1. The van der Waals surface area contributed by atoms with Gasteiger partial charge in [0.05, 0.1) is 20.3 Å². The van der Waals surface area contributed by atoms with Crippen molar-refractivity contribution in [2.45, 2.75) is 0 Å². The number of methoxy groups -OCH3 is 1. The van der Waals surface area contributed by atoms with Gasteiger partial charge in [-0.15, -0.1) is 0 Å². The van der Waals surface area contributed by atoms with Crippen LogP contribution in [0.1, 0.15) is 0 Å². The molecule has 1 aliphatic rings. The first-order valence-corrected chi connectivity index (χ1v) is 4.78. The van der Waals surface area contributed by atoms with Crippen LogP contribution in [-0.2, 0) is 4.74 Å². The fraction of sp³-hybridized carbons (Fsp3) is 0.455. The minimum atomic E-state index is 0.780. The highest BCUT2D eigenvalue weighted by atomic mass is 16.5. The Morgan fingerprint density at radius 2 is 2.14 bits per heavy atom. The summed E-state index contributed by atoms with van der Waals surface area (Å²) in [6.07, 6.45) is 0. The summed E-state index contributed by atoms with van der Waals surface area (Å²) in [5, 5.41) is 0. The zero-order valence-electron chi connectivity index (χ0n) is 8.32. The predicted octanol–water partition coefficient (Wildman–Crippen LogP) is 1.33. The number of anilines is 1. The van der Waals surface area contributed by atoms with Crippen molar-refractivity contribution in [1.82, 2.24) is 0 Å². The van der Waals surface area contributed by atoms with E-state index in [0.29, 0.717) is 0 Å². The van der Waals surface area contributed by atoms with Crippen molar-refractivity contribution < 1.29 is 9.47 Å². The lowest BCUT2D eigenvalue weighted by molar-refractivity contribution is 0.122. The van der Waals surface area contributed by atoms with Crippen molar-refractivity contribution in [3.8, 4) is 5.75 Å². The highest BCUT2D eigenvalue weighted by Crippen LogP contribution is 2.19. The van der Waals surface area contributed by atoms with Gasteiger partial charge in [-0.2, -0.15) is 0 Å². The average molecular weight is 192 g/mol. The molecule has 1 aromatic carbocycles. The molecule has 1 saturated heterocycles. The Bertz CT molecular complexity index is 278. The summed E-state index contributed by atoms with van der Waals surface area (Å²) >= 11 is 0. The van der Waals surface area contributed by atoms with Gasteiger partial charge in [0.25, 0.3) is 0 Å². The molecule has 0 N–H and O–H groups in total. The number of nitrogens with zero attached hydrogens (tertiary/aromatic N) is 1. The number of hydrogen-bond donors (Lipinski definition) is 0. The molecule has 0 spiro atoms. The van der Waals surface area contributed by atoms with E-state index in [1.165, 1.54) is 5.69 Å².